The number of aliphatic hydroxyl groups excluding tert-OH is 1. The van der Waals surface area contributed by atoms with Crippen LogP contribution in [0.1, 0.15) is 33.6 Å². The van der Waals surface area contributed by atoms with Gasteiger partial charge in [-0.15, -0.1) is 0 Å². The van der Waals surface area contributed by atoms with Crippen LogP contribution in [0.2, 0.25) is 0 Å². The summed E-state index contributed by atoms with van der Waals surface area (Å²) in [6.07, 6.45) is 0.0314. The summed E-state index contributed by atoms with van der Waals surface area (Å²) >= 11 is 0. The van der Waals surface area contributed by atoms with Crippen LogP contribution in [0.15, 0.2) is 16.7 Å². The van der Waals surface area contributed by atoms with Gasteiger partial charge in [-0.3, -0.25) is 4.90 Å². The summed E-state index contributed by atoms with van der Waals surface area (Å²) in [5.74, 6) is 3.44. The monoisotopic (exact) mass is 465 g/mol. The number of rotatable bonds is 15. The van der Waals surface area contributed by atoms with E-state index in [1.54, 1.807) is 33.5 Å². The first kappa shape index (κ1) is 26.9. The van der Waals surface area contributed by atoms with Gasteiger partial charge in [-0.2, -0.15) is 4.98 Å². The van der Waals surface area contributed by atoms with Crippen LogP contribution >= 0.6 is 0 Å². The number of ether oxygens (including phenoxy) is 4. The minimum absolute atomic E-state index is 0.332. The maximum absolute atomic E-state index is 10.4. The fourth-order valence-electron chi connectivity index (χ4n) is 3.50. The Bertz CT molecular complexity index is 814. The highest BCUT2D eigenvalue weighted by atomic mass is 16.5. The Balaban J connectivity index is 2.04. The molecule has 0 amide bonds. The van der Waals surface area contributed by atoms with Gasteiger partial charge in [-0.05, 0) is 24.0 Å². The average molecular weight is 466 g/mol. The topological polar surface area (TPSA) is 99.3 Å². The molecule has 0 aliphatic rings. The van der Waals surface area contributed by atoms with E-state index in [2.05, 4.69) is 42.7 Å². The van der Waals surface area contributed by atoms with Gasteiger partial charge in [0, 0.05) is 38.2 Å². The summed E-state index contributed by atoms with van der Waals surface area (Å²) < 4.78 is 27.3. The highest BCUT2D eigenvalue weighted by molar-refractivity contribution is 5.66. The molecule has 1 aromatic carbocycles. The van der Waals surface area contributed by atoms with Crippen molar-refractivity contribution >= 4 is 0 Å². The Morgan fingerprint density at radius 2 is 1.61 bits per heavy atom. The number of hydrogen-bond acceptors (Lipinski definition) is 9. The number of methoxy groups -OCH3 is 3. The van der Waals surface area contributed by atoms with Crippen LogP contribution < -0.4 is 14.2 Å². The standard InChI is InChI=1S/C24H39N3O6/c1-16(2)12-27(13-19(28)15-32-14-17(3)4)9-8-22-25-24(26-33-22)18-10-20(29-5)23(31-7)21(11-18)30-6/h10-11,16-17,19,28H,8-9,12-15H2,1-7H3. The summed E-state index contributed by atoms with van der Waals surface area (Å²) in [7, 11) is 4.69. The highest BCUT2D eigenvalue weighted by Gasteiger charge is 2.19. The molecule has 186 valence electrons. The van der Waals surface area contributed by atoms with E-state index in [-0.39, 0.29) is 0 Å². The van der Waals surface area contributed by atoms with E-state index >= 15 is 0 Å². The zero-order chi connectivity index (χ0) is 24.4. The Labute approximate surface area is 197 Å². The van der Waals surface area contributed by atoms with Crippen molar-refractivity contribution in [2.45, 2.75) is 40.2 Å². The molecule has 9 heteroatoms. The van der Waals surface area contributed by atoms with Gasteiger partial charge in [-0.25, -0.2) is 0 Å². The Morgan fingerprint density at radius 3 is 2.15 bits per heavy atom. The number of hydrogen-bond donors (Lipinski definition) is 1. The SMILES string of the molecule is COc1cc(-c2noc(CCN(CC(C)C)CC(O)COCC(C)C)n2)cc(OC)c1OC. The molecule has 0 fully saturated rings. The summed E-state index contributed by atoms with van der Waals surface area (Å²) in [5, 5.41) is 14.5. The van der Waals surface area contributed by atoms with E-state index in [1.807, 2.05) is 0 Å². The Hall–Kier alpha value is -2.36. The van der Waals surface area contributed by atoms with Crippen molar-refractivity contribution in [2.24, 2.45) is 11.8 Å². The molecule has 1 unspecified atom stereocenters. The van der Waals surface area contributed by atoms with Gasteiger partial charge in [0.15, 0.2) is 11.5 Å². The van der Waals surface area contributed by atoms with Crippen LogP contribution in [-0.4, -0.2) is 80.4 Å². The molecule has 2 aromatic rings. The van der Waals surface area contributed by atoms with Gasteiger partial charge in [0.1, 0.15) is 0 Å². The number of aromatic nitrogens is 2. The summed E-state index contributed by atoms with van der Waals surface area (Å²) in [4.78, 5) is 6.75. The minimum atomic E-state index is -0.542. The highest BCUT2D eigenvalue weighted by Crippen LogP contribution is 2.40. The largest absolute Gasteiger partial charge is 0.493 e. The van der Waals surface area contributed by atoms with Gasteiger partial charge in [0.05, 0.1) is 34.0 Å². The van der Waals surface area contributed by atoms with Crippen LogP contribution in [-0.2, 0) is 11.2 Å². The lowest BCUT2D eigenvalue weighted by Crippen LogP contribution is -2.38. The van der Waals surface area contributed by atoms with Crippen molar-refractivity contribution < 1.29 is 28.6 Å². The fourth-order valence-corrected chi connectivity index (χ4v) is 3.50. The van der Waals surface area contributed by atoms with E-state index in [0.29, 0.717) is 79.1 Å². The first-order valence-corrected chi connectivity index (χ1v) is 11.4. The van der Waals surface area contributed by atoms with Crippen molar-refractivity contribution in [3.05, 3.63) is 18.0 Å². The molecule has 0 bridgehead atoms. The van der Waals surface area contributed by atoms with E-state index in [0.717, 1.165) is 6.54 Å². The average Bonchev–Trinajstić information content (AvgIpc) is 3.24. The van der Waals surface area contributed by atoms with Crippen LogP contribution in [0.25, 0.3) is 11.4 Å². The lowest BCUT2D eigenvalue weighted by molar-refractivity contribution is 0.00649. The molecule has 0 saturated carbocycles. The van der Waals surface area contributed by atoms with Crippen LogP contribution in [0.5, 0.6) is 17.2 Å². The lowest BCUT2D eigenvalue weighted by atomic mass is 10.1. The van der Waals surface area contributed by atoms with Crippen LogP contribution in [0.3, 0.4) is 0 Å². The molecule has 0 spiro atoms. The van der Waals surface area contributed by atoms with Crippen molar-refractivity contribution in [3.8, 4) is 28.6 Å². The third-order valence-electron chi connectivity index (χ3n) is 4.89. The van der Waals surface area contributed by atoms with Gasteiger partial charge < -0.3 is 28.6 Å². The first-order valence-electron chi connectivity index (χ1n) is 11.4. The first-order chi connectivity index (χ1) is 15.8. The second-order valence-electron chi connectivity index (χ2n) is 8.91. The third kappa shape index (κ3) is 8.49. The van der Waals surface area contributed by atoms with Crippen molar-refractivity contribution in [3.63, 3.8) is 0 Å². The predicted molar refractivity (Wildman–Crippen MR) is 126 cm³/mol. The summed E-state index contributed by atoms with van der Waals surface area (Å²) in [5.41, 5.74) is 0.705. The summed E-state index contributed by atoms with van der Waals surface area (Å²) in [6, 6.07) is 3.57. The molecular weight excluding hydrogens is 426 g/mol. The molecule has 0 radical (unpaired) electrons. The predicted octanol–water partition coefficient (Wildman–Crippen LogP) is 3.30. The van der Waals surface area contributed by atoms with E-state index < -0.39 is 6.10 Å². The third-order valence-corrected chi connectivity index (χ3v) is 4.89. The Kier molecular flexibility index (Phi) is 10.9. The Morgan fingerprint density at radius 1 is 0.939 bits per heavy atom. The molecule has 2 rings (SSSR count). The van der Waals surface area contributed by atoms with Gasteiger partial charge >= 0.3 is 0 Å². The zero-order valence-electron chi connectivity index (χ0n) is 21.0. The lowest BCUT2D eigenvalue weighted by Gasteiger charge is -2.26. The maximum atomic E-state index is 10.4. The van der Waals surface area contributed by atoms with E-state index in [4.69, 9.17) is 23.5 Å². The normalized spacial score (nSPS) is 12.6. The molecule has 1 heterocycles. The van der Waals surface area contributed by atoms with Crippen LogP contribution in [0, 0.1) is 11.8 Å². The number of aliphatic hydroxyl groups is 1. The van der Waals surface area contributed by atoms with E-state index in [9.17, 15) is 5.11 Å². The molecule has 33 heavy (non-hydrogen) atoms. The second-order valence-corrected chi connectivity index (χ2v) is 8.91. The number of nitrogens with zero attached hydrogens (tertiary/aromatic N) is 3. The molecule has 9 nitrogen and oxygen atoms in total. The molecule has 0 saturated heterocycles. The van der Waals surface area contributed by atoms with E-state index in [1.165, 1.54) is 0 Å². The smallest absolute Gasteiger partial charge is 0.228 e. The zero-order valence-corrected chi connectivity index (χ0v) is 21.0. The number of benzene rings is 1. The van der Waals surface area contributed by atoms with Gasteiger partial charge in [-0.1, -0.05) is 32.9 Å². The van der Waals surface area contributed by atoms with Gasteiger partial charge in [0.25, 0.3) is 0 Å². The fraction of sp³-hybridized carbons (Fsp3) is 0.667. The second kappa shape index (κ2) is 13.4. The molecule has 1 atom stereocenters. The summed E-state index contributed by atoms with van der Waals surface area (Å²) in [6.45, 7) is 11.6. The van der Waals surface area contributed by atoms with Crippen molar-refractivity contribution in [2.75, 3.05) is 54.2 Å². The molecule has 0 aliphatic heterocycles. The minimum Gasteiger partial charge on any atom is -0.493 e. The van der Waals surface area contributed by atoms with Crippen molar-refractivity contribution in [1.29, 1.82) is 0 Å². The van der Waals surface area contributed by atoms with Gasteiger partial charge in [0.2, 0.25) is 17.5 Å². The van der Waals surface area contributed by atoms with Crippen LogP contribution in [0.4, 0.5) is 0 Å². The molecule has 1 aromatic heterocycles. The molecule has 0 aliphatic carbocycles. The van der Waals surface area contributed by atoms with Crippen molar-refractivity contribution in [1.82, 2.24) is 15.0 Å². The molecule has 1 N–H and O–H groups in total. The quantitative estimate of drug-likeness (QED) is 0.425. The molecular formula is C24H39N3O6. The maximum Gasteiger partial charge on any atom is 0.228 e.